The number of benzene rings is 1. The summed E-state index contributed by atoms with van der Waals surface area (Å²) in [5.41, 5.74) is 0.720. The highest BCUT2D eigenvalue weighted by molar-refractivity contribution is 5.91. The van der Waals surface area contributed by atoms with E-state index in [2.05, 4.69) is 12.2 Å². The van der Waals surface area contributed by atoms with Crippen LogP contribution in [0.1, 0.15) is 26.7 Å². The molecular formula is C18H30N3O3+. The third kappa shape index (κ3) is 7.00. The lowest BCUT2D eigenvalue weighted by molar-refractivity contribution is -0.862. The molecule has 0 spiro atoms. The lowest BCUT2D eigenvalue weighted by Crippen LogP contribution is -3.11. The molecule has 1 rings (SSSR count). The van der Waals surface area contributed by atoms with Crippen molar-refractivity contribution in [1.29, 1.82) is 0 Å². The van der Waals surface area contributed by atoms with Gasteiger partial charge < -0.3 is 19.9 Å². The molecule has 0 saturated heterocycles. The predicted octanol–water partition coefficient (Wildman–Crippen LogP) is 0.797. The normalized spacial score (nSPS) is 11.7. The number of carbonyl (C=O) groups is 2. The van der Waals surface area contributed by atoms with Crippen LogP contribution in [0.2, 0.25) is 0 Å². The van der Waals surface area contributed by atoms with E-state index in [1.165, 1.54) is 0 Å². The fourth-order valence-electron chi connectivity index (χ4n) is 2.39. The smallest absolute Gasteiger partial charge is 0.279 e. The van der Waals surface area contributed by atoms with E-state index in [1.807, 2.05) is 18.9 Å². The lowest BCUT2D eigenvalue weighted by Gasteiger charge is -2.22. The zero-order valence-corrected chi connectivity index (χ0v) is 15.2. The summed E-state index contributed by atoms with van der Waals surface area (Å²) in [6.07, 6.45) is 2.08. The Kier molecular flexibility index (Phi) is 8.86. The van der Waals surface area contributed by atoms with E-state index >= 15 is 0 Å². The molecule has 0 aromatic heterocycles. The zero-order chi connectivity index (χ0) is 17.9. The van der Waals surface area contributed by atoms with Crippen molar-refractivity contribution in [1.82, 2.24) is 4.90 Å². The number of quaternary nitrogens is 1. The highest BCUT2D eigenvalue weighted by Crippen LogP contribution is 2.14. The standard InChI is InChI=1S/C18H29N3O3/c1-5-7-12-21(6-2)18(23)14-20(3)13-17(22)19-15-8-10-16(24-4)11-9-15/h8-11H,5-7,12-14H2,1-4H3,(H,19,22)/p+1. The van der Waals surface area contributed by atoms with Crippen LogP contribution in [-0.2, 0) is 9.59 Å². The number of carbonyl (C=O) groups excluding carboxylic acids is 2. The summed E-state index contributed by atoms with van der Waals surface area (Å²) in [7, 11) is 3.46. The van der Waals surface area contributed by atoms with Gasteiger partial charge in [-0.1, -0.05) is 13.3 Å². The minimum atomic E-state index is -0.109. The molecule has 1 aromatic carbocycles. The first-order valence-electron chi connectivity index (χ1n) is 8.53. The molecule has 0 fully saturated rings. The number of nitrogens with one attached hydrogen (secondary N) is 2. The first kappa shape index (κ1) is 20.0. The zero-order valence-electron chi connectivity index (χ0n) is 15.2. The molecular weight excluding hydrogens is 306 g/mol. The second-order valence-electron chi connectivity index (χ2n) is 5.91. The average Bonchev–Trinajstić information content (AvgIpc) is 2.55. The number of unbranched alkanes of at least 4 members (excludes halogenated alkanes) is 1. The van der Waals surface area contributed by atoms with Crippen LogP contribution >= 0.6 is 0 Å². The molecule has 0 aliphatic rings. The molecule has 0 saturated carbocycles. The van der Waals surface area contributed by atoms with E-state index in [9.17, 15) is 9.59 Å². The summed E-state index contributed by atoms with van der Waals surface area (Å²) in [5.74, 6) is 0.732. The van der Waals surface area contributed by atoms with Crippen LogP contribution < -0.4 is 15.0 Å². The van der Waals surface area contributed by atoms with Gasteiger partial charge in [-0.25, -0.2) is 0 Å². The molecule has 6 heteroatoms. The first-order valence-corrected chi connectivity index (χ1v) is 8.53. The Bertz CT molecular complexity index is 517. The van der Waals surface area contributed by atoms with Gasteiger partial charge in [-0.05, 0) is 37.6 Å². The van der Waals surface area contributed by atoms with Crippen LogP contribution in [0.25, 0.3) is 0 Å². The van der Waals surface area contributed by atoms with E-state index in [-0.39, 0.29) is 18.4 Å². The molecule has 0 heterocycles. The largest absolute Gasteiger partial charge is 0.497 e. The quantitative estimate of drug-likeness (QED) is 0.664. The van der Waals surface area contributed by atoms with Crippen molar-refractivity contribution in [3.05, 3.63) is 24.3 Å². The molecule has 1 unspecified atom stereocenters. The molecule has 0 bridgehead atoms. The molecule has 2 N–H and O–H groups in total. The number of amides is 2. The average molecular weight is 336 g/mol. The van der Waals surface area contributed by atoms with Crippen molar-refractivity contribution in [2.75, 3.05) is 45.7 Å². The van der Waals surface area contributed by atoms with Crippen LogP contribution in [0, 0.1) is 0 Å². The van der Waals surface area contributed by atoms with Crippen LogP contribution in [0.3, 0.4) is 0 Å². The van der Waals surface area contributed by atoms with E-state index in [0.717, 1.165) is 35.7 Å². The number of methoxy groups -OCH3 is 1. The summed E-state index contributed by atoms with van der Waals surface area (Å²) in [6.45, 7) is 6.18. The Morgan fingerprint density at radius 1 is 1.17 bits per heavy atom. The SMILES string of the molecule is CCCCN(CC)C(=O)C[NH+](C)CC(=O)Nc1ccc(OC)cc1. The van der Waals surface area contributed by atoms with Crippen molar-refractivity contribution < 1.29 is 19.2 Å². The molecule has 0 aliphatic heterocycles. The number of rotatable bonds is 10. The summed E-state index contributed by atoms with van der Waals surface area (Å²) >= 11 is 0. The van der Waals surface area contributed by atoms with Crippen LogP contribution in [0.15, 0.2) is 24.3 Å². The fourth-order valence-corrected chi connectivity index (χ4v) is 2.39. The minimum absolute atomic E-state index is 0.0979. The van der Waals surface area contributed by atoms with Crippen molar-refractivity contribution in [2.45, 2.75) is 26.7 Å². The number of hydrogen-bond donors (Lipinski definition) is 2. The number of hydrogen-bond acceptors (Lipinski definition) is 3. The van der Waals surface area contributed by atoms with Gasteiger partial charge in [-0.15, -0.1) is 0 Å². The van der Waals surface area contributed by atoms with Gasteiger partial charge in [0.1, 0.15) is 5.75 Å². The molecule has 134 valence electrons. The van der Waals surface area contributed by atoms with E-state index < -0.39 is 0 Å². The first-order chi connectivity index (χ1) is 11.5. The molecule has 24 heavy (non-hydrogen) atoms. The van der Waals surface area contributed by atoms with Gasteiger partial charge in [0.05, 0.1) is 14.2 Å². The van der Waals surface area contributed by atoms with Gasteiger partial charge in [0.2, 0.25) is 0 Å². The minimum Gasteiger partial charge on any atom is -0.497 e. The van der Waals surface area contributed by atoms with Crippen molar-refractivity contribution >= 4 is 17.5 Å². The summed E-state index contributed by atoms with van der Waals surface area (Å²) in [6, 6.07) is 7.17. The second-order valence-corrected chi connectivity index (χ2v) is 5.91. The topological polar surface area (TPSA) is 63.1 Å². The second kappa shape index (κ2) is 10.6. The van der Waals surface area contributed by atoms with Gasteiger partial charge >= 0.3 is 0 Å². The molecule has 0 radical (unpaired) electrons. The van der Waals surface area contributed by atoms with Crippen molar-refractivity contribution in [3.63, 3.8) is 0 Å². The van der Waals surface area contributed by atoms with Gasteiger partial charge in [-0.2, -0.15) is 0 Å². The molecule has 1 aromatic rings. The Balaban J connectivity index is 2.43. The molecule has 1 atom stereocenters. The van der Waals surface area contributed by atoms with Gasteiger partial charge in [0.15, 0.2) is 13.1 Å². The van der Waals surface area contributed by atoms with Gasteiger partial charge in [0, 0.05) is 18.8 Å². The molecule has 2 amide bonds. The highest BCUT2D eigenvalue weighted by Gasteiger charge is 2.18. The Hall–Kier alpha value is -2.08. The number of ether oxygens (including phenoxy) is 1. The van der Waals surface area contributed by atoms with Crippen molar-refractivity contribution in [2.24, 2.45) is 0 Å². The summed E-state index contributed by atoms with van der Waals surface area (Å²) in [5, 5.41) is 2.83. The van der Waals surface area contributed by atoms with E-state index in [1.54, 1.807) is 31.4 Å². The summed E-state index contributed by atoms with van der Waals surface area (Å²) in [4.78, 5) is 27.1. The number of nitrogens with zero attached hydrogens (tertiary/aromatic N) is 1. The van der Waals surface area contributed by atoms with Gasteiger partial charge in [-0.3, -0.25) is 9.59 Å². The predicted molar refractivity (Wildman–Crippen MR) is 95.4 cm³/mol. The third-order valence-corrected chi connectivity index (χ3v) is 3.81. The Morgan fingerprint density at radius 2 is 1.83 bits per heavy atom. The van der Waals surface area contributed by atoms with Crippen LogP contribution in [0.5, 0.6) is 5.75 Å². The fraction of sp³-hybridized carbons (Fsp3) is 0.556. The molecule has 6 nitrogen and oxygen atoms in total. The maximum Gasteiger partial charge on any atom is 0.279 e. The monoisotopic (exact) mass is 336 g/mol. The van der Waals surface area contributed by atoms with E-state index in [0.29, 0.717) is 13.1 Å². The summed E-state index contributed by atoms with van der Waals surface area (Å²) < 4.78 is 5.08. The Labute approximate surface area is 144 Å². The Morgan fingerprint density at radius 3 is 2.38 bits per heavy atom. The third-order valence-electron chi connectivity index (χ3n) is 3.81. The van der Waals surface area contributed by atoms with Gasteiger partial charge in [0.25, 0.3) is 11.8 Å². The highest BCUT2D eigenvalue weighted by atomic mass is 16.5. The number of likely N-dealkylation sites (N-methyl/N-ethyl adjacent to an activating group) is 2. The van der Waals surface area contributed by atoms with Crippen LogP contribution in [-0.4, -0.2) is 57.1 Å². The number of anilines is 1. The maximum absolute atomic E-state index is 12.3. The maximum atomic E-state index is 12.3. The lowest BCUT2D eigenvalue weighted by atomic mass is 10.3. The van der Waals surface area contributed by atoms with Crippen LogP contribution in [0.4, 0.5) is 5.69 Å². The van der Waals surface area contributed by atoms with E-state index in [4.69, 9.17) is 4.74 Å². The van der Waals surface area contributed by atoms with Crippen molar-refractivity contribution in [3.8, 4) is 5.75 Å². The molecule has 0 aliphatic carbocycles.